The van der Waals surface area contributed by atoms with Crippen molar-refractivity contribution >= 4 is 47.7 Å². The minimum absolute atomic E-state index is 0. The van der Waals surface area contributed by atoms with Crippen molar-refractivity contribution in [2.45, 2.75) is 0 Å². The standard InChI is InChI=1S/C16H12N4O.ClH/c17-16(21)20-9-12(13-3-1-2-5-18-13)11-8-14-10(4-6-19-14)7-15(11)20;/h1-8H,9H2,(H2,17,21);1H. The van der Waals surface area contributed by atoms with Crippen LogP contribution >= 0.6 is 12.4 Å². The number of aromatic nitrogens is 1. The average molecular weight is 313 g/mol. The van der Waals surface area contributed by atoms with Gasteiger partial charge in [0.25, 0.3) is 0 Å². The number of nitrogens with two attached hydrogens (primary N) is 1. The van der Waals surface area contributed by atoms with E-state index in [2.05, 4.69) is 9.98 Å². The van der Waals surface area contributed by atoms with E-state index in [0.29, 0.717) is 6.54 Å². The Labute approximate surface area is 132 Å². The van der Waals surface area contributed by atoms with Crippen molar-refractivity contribution in [1.82, 2.24) is 4.98 Å². The molecule has 22 heavy (non-hydrogen) atoms. The van der Waals surface area contributed by atoms with Crippen molar-refractivity contribution in [2.24, 2.45) is 10.7 Å². The Hall–Kier alpha value is -2.66. The summed E-state index contributed by atoms with van der Waals surface area (Å²) in [6, 6.07) is 9.23. The van der Waals surface area contributed by atoms with E-state index in [-0.39, 0.29) is 12.4 Å². The maximum atomic E-state index is 11.7. The molecule has 4 rings (SSSR count). The van der Waals surface area contributed by atoms with Gasteiger partial charge in [-0.1, -0.05) is 6.07 Å². The van der Waals surface area contributed by atoms with Crippen LogP contribution in [0.2, 0.25) is 0 Å². The van der Waals surface area contributed by atoms with Crippen LogP contribution in [0.3, 0.4) is 0 Å². The molecule has 1 aromatic carbocycles. The highest BCUT2D eigenvalue weighted by atomic mass is 35.5. The van der Waals surface area contributed by atoms with E-state index in [0.717, 1.165) is 33.1 Å². The van der Waals surface area contributed by atoms with Gasteiger partial charge in [0.05, 0.1) is 23.6 Å². The summed E-state index contributed by atoms with van der Waals surface area (Å²) < 4.78 is 0. The topological polar surface area (TPSA) is 71.6 Å². The van der Waals surface area contributed by atoms with Crippen molar-refractivity contribution in [3.05, 3.63) is 52.7 Å². The van der Waals surface area contributed by atoms with E-state index >= 15 is 0 Å². The second-order valence-electron chi connectivity index (χ2n) is 4.99. The summed E-state index contributed by atoms with van der Waals surface area (Å²) in [7, 11) is 0. The van der Waals surface area contributed by atoms with Crippen LogP contribution in [0.4, 0.5) is 16.2 Å². The molecular formula is C16H13ClN4O. The van der Waals surface area contributed by atoms with Crippen molar-refractivity contribution in [1.29, 1.82) is 0 Å². The fraction of sp³-hybridized carbons (Fsp3) is 0.0625. The Morgan fingerprint density at radius 1 is 1.27 bits per heavy atom. The third-order valence-electron chi connectivity index (χ3n) is 3.78. The largest absolute Gasteiger partial charge is 0.351 e. The molecule has 6 heteroatoms. The minimum atomic E-state index is -0.457. The number of hydrogen-bond acceptors (Lipinski definition) is 3. The Bertz CT molecular complexity index is 906. The number of aliphatic imine (C=N–C) groups is 1. The molecule has 0 unspecified atom stereocenters. The predicted molar refractivity (Wildman–Crippen MR) is 89.2 cm³/mol. The molecule has 0 saturated carbocycles. The lowest BCUT2D eigenvalue weighted by atomic mass is 10.1. The number of rotatable bonds is 1. The average Bonchev–Trinajstić information content (AvgIpc) is 3.09. The number of amides is 2. The molecule has 2 aliphatic heterocycles. The van der Waals surface area contributed by atoms with E-state index in [1.165, 1.54) is 0 Å². The van der Waals surface area contributed by atoms with Gasteiger partial charge in [0.15, 0.2) is 0 Å². The number of carbonyl (C=O) groups is 1. The first kappa shape index (κ1) is 14.3. The number of halogens is 1. The van der Waals surface area contributed by atoms with E-state index in [1.807, 2.05) is 36.4 Å². The van der Waals surface area contributed by atoms with Gasteiger partial charge >= 0.3 is 6.03 Å². The Balaban J connectivity index is 0.00000144. The molecule has 2 N–H and O–H groups in total. The lowest BCUT2D eigenvalue weighted by Crippen LogP contribution is -2.35. The van der Waals surface area contributed by atoms with Crippen molar-refractivity contribution in [3.8, 4) is 0 Å². The SMILES string of the molecule is Cl.NC(=O)N1CC(c2ccccn2)=c2cc3c(cc21)=CC=N3. The molecule has 0 bridgehead atoms. The van der Waals surface area contributed by atoms with Crippen LogP contribution in [0.25, 0.3) is 11.6 Å². The molecule has 2 amide bonds. The van der Waals surface area contributed by atoms with Crippen molar-refractivity contribution < 1.29 is 4.79 Å². The molecular weight excluding hydrogens is 300 g/mol. The van der Waals surface area contributed by atoms with Gasteiger partial charge in [0.1, 0.15) is 0 Å². The lowest BCUT2D eigenvalue weighted by Gasteiger charge is -2.15. The molecule has 0 atom stereocenters. The molecule has 0 spiro atoms. The van der Waals surface area contributed by atoms with Crippen LogP contribution in [0.5, 0.6) is 0 Å². The zero-order valence-electron chi connectivity index (χ0n) is 11.6. The monoisotopic (exact) mass is 312 g/mol. The highest BCUT2D eigenvalue weighted by Crippen LogP contribution is 2.23. The summed E-state index contributed by atoms with van der Waals surface area (Å²) in [4.78, 5) is 22.0. The lowest BCUT2D eigenvalue weighted by molar-refractivity contribution is 0.254. The fourth-order valence-electron chi connectivity index (χ4n) is 2.79. The van der Waals surface area contributed by atoms with Crippen LogP contribution in [0.15, 0.2) is 41.5 Å². The van der Waals surface area contributed by atoms with Crippen LogP contribution in [0.1, 0.15) is 5.69 Å². The number of primary amides is 1. The third-order valence-corrected chi connectivity index (χ3v) is 3.78. The maximum absolute atomic E-state index is 11.7. The zero-order valence-corrected chi connectivity index (χ0v) is 12.4. The van der Waals surface area contributed by atoms with Crippen LogP contribution in [-0.2, 0) is 0 Å². The fourth-order valence-corrected chi connectivity index (χ4v) is 2.79. The molecule has 110 valence electrons. The molecule has 2 aliphatic rings. The summed E-state index contributed by atoms with van der Waals surface area (Å²) >= 11 is 0. The van der Waals surface area contributed by atoms with Gasteiger partial charge in [-0.2, -0.15) is 0 Å². The molecule has 1 aromatic heterocycles. The Morgan fingerprint density at radius 3 is 2.86 bits per heavy atom. The summed E-state index contributed by atoms with van der Waals surface area (Å²) in [5, 5.41) is 1.97. The van der Waals surface area contributed by atoms with Gasteiger partial charge < -0.3 is 5.73 Å². The summed E-state index contributed by atoms with van der Waals surface area (Å²) in [6.45, 7) is 0.439. The molecule has 5 nitrogen and oxygen atoms in total. The molecule has 0 fully saturated rings. The number of carbonyl (C=O) groups excluding carboxylic acids is 1. The van der Waals surface area contributed by atoms with E-state index in [4.69, 9.17) is 5.73 Å². The first-order chi connectivity index (χ1) is 10.2. The molecule has 3 heterocycles. The van der Waals surface area contributed by atoms with Gasteiger partial charge in [-0.25, -0.2) is 4.79 Å². The van der Waals surface area contributed by atoms with E-state index < -0.39 is 6.03 Å². The van der Waals surface area contributed by atoms with Crippen molar-refractivity contribution in [3.63, 3.8) is 0 Å². The second-order valence-corrected chi connectivity index (χ2v) is 4.99. The van der Waals surface area contributed by atoms with Gasteiger partial charge in [-0.05, 0) is 30.3 Å². The molecule has 0 aliphatic carbocycles. The van der Waals surface area contributed by atoms with Gasteiger partial charge in [-0.3, -0.25) is 14.9 Å². The molecule has 2 aromatic rings. The first-order valence-electron chi connectivity index (χ1n) is 6.64. The van der Waals surface area contributed by atoms with Gasteiger partial charge in [0, 0.05) is 28.4 Å². The van der Waals surface area contributed by atoms with Crippen LogP contribution < -0.4 is 21.1 Å². The first-order valence-corrected chi connectivity index (χ1v) is 6.64. The smallest absolute Gasteiger partial charge is 0.319 e. The number of hydrogen-bond donors (Lipinski definition) is 1. The number of benzene rings is 1. The maximum Gasteiger partial charge on any atom is 0.319 e. The Morgan fingerprint density at radius 2 is 2.14 bits per heavy atom. The van der Waals surface area contributed by atoms with Crippen LogP contribution in [0, 0.1) is 0 Å². The molecule has 0 saturated heterocycles. The highest BCUT2D eigenvalue weighted by Gasteiger charge is 2.25. The number of fused-ring (bicyclic) bond motifs is 2. The van der Waals surface area contributed by atoms with Gasteiger partial charge in [-0.15, -0.1) is 12.4 Å². The van der Waals surface area contributed by atoms with Gasteiger partial charge in [0.2, 0.25) is 0 Å². The van der Waals surface area contributed by atoms with E-state index in [1.54, 1.807) is 17.3 Å². The quantitative estimate of drug-likeness (QED) is 0.856. The Kier molecular flexibility index (Phi) is 3.42. The highest BCUT2D eigenvalue weighted by molar-refractivity contribution is 6.00. The van der Waals surface area contributed by atoms with Crippen LogP contribution in [-0.4, -0.2) is 23.8 Å². The number of nitrogens with zero attached hydrogens (tertiary/aromatic N) is 3. The summed E-state index contributed by atoms with van der Waals surface area (Å²) in [6.07, 6.45) is 5.43. The normalized spacial score (nSPS) is 14.2. The molecule has 0 radical (unpaired) electrons. The number of pyridine rings is 1. The predicted octanol–water partition coefficient (Wildman–Crippen LogP) is 1.10. The van der Waals surface area contributed by atoms with Crippen molar-refractivity contribution in [2.75, 3.05) is 11.4 Å². The zero-order chi connectivity index (χ0) is 14.4. The second kappa shape index (κ2) is 5.27. The number of anilines is 1. The van der Waals surface area contributed by atoms with E-state index in [9.17, 15) is 4.79 Å². The summed E-state index contributed by atoms with van der Waals surface area (Å²) in [5.41, 5.74) is 9.09. The summed E-state index contributed by atoms with van der Waals surface area (Å²) in [5.74, 6) is 0. The number of urea groups is 1. The minimum Gasteiger partial charge on any atom is -0.351 e. The third kappa shape index (κ3) is 2.07.